The lowest BCUT2D eigenvalue weighted by Gasteiger charge is -2.37. The van der Waals surface area contributed by atoms with Gasteiger partial charge < -0.3 is 19.9 Å². The summed E-state index contributed by atoms with van der Waals surface area (Å²) in [6, 6.07) is -0.119. The Balaban J connectivity index is 2.56. The van der Waals surface area contributed by atoms with Gasteiger partial charge in [-0.25, -0.2) is 0 Å². The molecule has 0 bridgehead atoms. The van der Waals surface area contributed by atoms with Crippen LogP contribution in [0.15, 0.2) is 0 Å². The summed E-state index contributed by atoms with van der Waals surface area (Å²) in [5.41, 5.74) is 0. The maximum atomic E-state index is 9.62. The average molecular weight is 175 g/mol. The molecule has 4 nitrogen and oxygen atoms in total. The van der Waals surface area contributed by atoms with E-state index in [0.29, 0.717) is 6.42 Å². The summed E-state index contributed by atoms with van der Waals surface area (Å²) in [6.45, 7) is 1.93. The number of ether oxygens (including phenoxy) is 2. The topological polar surface area (TPSA) is 50.7 Å². The zero-order chi connectivity index (χ0) is 9.14. The summed E-state index contributed by atoms with van der Waals surface area (Å²) in [5, 5.41) is 12.6. The minimum Gasteiger partial charge on any atom is -0.391 e. The molecule has 4 heteroatoms. The predicted molar refractivity (Wildman–Crippen MR) is 44.8 cm³/mol. The van der Waals surface area contributed by atoms with E-state index in [0.717, 1.165) is 0 Å². The molecule has 1 heterocycles. The largest absolute Gasteiger partial charge is 0.391 e. The van der Waals surface area contributed by atoms with Crippen LogP contribution in [0.25, 0.3) is 0 Å². The molecule has 0 spiro atoms. The molecule has 12 heavy (non-hydrogen) atoms. The number of rotatable bonds is 2. The van der Waals surface area contributed by atoms with Gasteiger partial charge in [-0.2, -0.15) is 0 Å². The van der Waals surface area contributed by atoms with Crippen molar-refractivity contribution in [3.8, 4) is 0 Å². The first-order chi connectivity index (χ1) is 5.69. The van der Waals surface area contributed by atoms with Crippen LogP contribution in [0.5, 0.6) is 0 Å². The van der Waals surface area contributed by atoms with E-state index in [2.05, 4.69) is 5.32 Å². The lowest BCUT2D eigenvalue weighted by Crippen LogP contribution is -2.54. The van der Waals surface area contributed by atoms with Crippen LogP contribution in [0.2, 0.25) is 0 Å². The number of likely N-dealkylation sites (N-methyl/N-ethyl adjacent to an activating group) is 1. The lowest BCUT2D eigenvalue weighted by atomic mass is 10.0. The second-order valence-corrected chi connectivity index (χ2v) is 3.17. The zero-order valence-corrected chi connectivity index (χ0v) is 7.78. The van der Waals surface area contributed by atoms with E-state index >= 15 is 0 Å². The Hall–Kier alpha value is -0.160. The molecule has 0 aromatic carbocycles. The molecular weight excluding hydrogens is 158 g/mol. The van der Waals surface area contributed by atoms with Crippen molar-refractivity contribution < 1.29 is 14.6 Å². The molecular formula is C8H17NO3. The van der Waals surface area contributed by atoms with Crippen LogP contribution in [-0.2, 0) is 9.47 Å². The molecule has 4 atom stereocenters. The van der Waals surface area contributed by atoms with Crippen LogP contribution in [0, 0.1) is 0 Å². The van der Waals surface area contributed by atoms with Gasteiger partial charge in [0.15, 0.2) is 6.29 Å². The zero-order valence-electron chi connectivity index (χ0n) is 7.78. The van der Waals surface area contributed by atoms with Gasteiger partial charge in [-0.3, -0.25) is 0 Å². The maximum absolute atomic E-state index is 9.62. The molecule has 0 aromatic rings. The number of methoxy groups -OCH3 is 1. The van der Waals surface area contributed by atoms with Crippen LogP contribution in [0.1, 0.15) is 13.3 Å². The van der Waals surface area contributed by atoms with Crippen LogP contribution < -0.4 is 5.32 Å². The standard InChI is InChI=1S/C8H17NO3/c1-5-4-6(10)7(9-2)8(11-3)12-5/h5-10H,4H2,1-3H3. The predicted octanol–water partition coefficient (Wildman–Crippen LogP) is -0.283. The summed E-state index contributed by atoms with van der Waals surface area (Å²) in [5.74, 6) is 0. The SMILES string of the molecule is CNC1C(O)CC(C)OC1OC. The second kappa shape index (κ2) is 4.18. The molecule has 0 radical (unpaired) electrons. The Labute approximate surface area is 72.9 Å². The van der Waals surface area contributed by atoms with E-state index in [1.807, 2.05) is 6.92 Å². The minimum absolute atomic E-state index is 0.0644. The maximum Gasteiger partial charge on any atom is 0.175 e. The van der Waals surface area contributed by atoms with Gasteiger partial charge in [0.2, 0.25) is 0 Å². The van der Waals surface area contributed by atoms with Crippen LogP contribution in [0.4, 0.5) is 0 Å². The fourth-order valence-electron chi connectivity index (χ4n) is 1.57. The summed E-state index contributed by atoms with van der Waals surface area (Å²) < 4.78 is 10.6. The fraction of sp³-hybridized carbons (Fsp3) is 1.00. The number of hydrogen-bond acceptors (Lipinski definition) is 4. The first-order valence-electron chi connectivity index (χ1n) is 4.22. The van der Waals surface area contributed by atoms with Crippen molar-refractivity contribution in [1.82, 2.24) is 5.32 Å². The average Bonchev–Trinajstić information content (AvgIpc) is 2.03. The fourth-order valence-corrected chi connectivity index (χ4v) is 1.57. The number of aliphatic hydroxyl groups is 1. The van der Waals surface area contributed by atoms with Crippen molar-refractivity contribution in [2.45, 2.75) is 37.9 Å². The van der Waals surface area contributed by atoms with Gasteiger partial charge >= 0.3 is 0 Å². The number of aliphatic hydroxyl groups excluding tert-OH is 1. The summed E-state index contributed by atoms with van der Waals surface area (Å²) >= 11 is 0. The van der Waals surface area contributed by atoms with Gasteiger partial charge in [0.05, 0.1) is 18.2 Å². The van der Waals surface area contributed by atoms with Gasteiger partial charge in [-0.05, 0) is 14.0 Å². The van der Waals surface area contributed by atoms with E-state index in [1.54, 1.807) is 14.2 Å². The van der Waals surface area contributed by atoms with E-state index in [9.17, 15) is 5.11 Å². The molecule has 1 fully saturated rings. The third-order valence-electron chi connectivity index (χ3n) is 2.21. The smallest absolute Gasteiger partial charge is 0.175 e. The third-order valence-corrected chi connectivity index (χ3v) is 2.21. The van der Waals surface area contributed by atoms with E-state index in [4.69, 9.17) is 9.47 Å². The molecule has 4 unspecified atom stereocenters. The van der Waals surface area contributed by atoms with Crippen LogP contribution in [0.3, 0.4) is 0 Å². The number of nitrogens with one attached hydrogen (secondary N) is 1. The van der Waals surface area contributed by atoms with Crippen molar-refractivity contribution in [3.63, 3.8) is 0 Å². The highest BCUT2D eigenvalue weighted by Gasteiger charge is 2.35. The molecule has 0 saturated carbocycles. The van der Waals surface area contributed by atoms with E-state index < -0.39 is 0 Å². The third kappa shape index (κ3) is 1.95. The molecule has 1 aliphatic heterocycles. The van der Waals surface area contributed by atoms with Gasteiger partial charge in [-0.15, -0.1) is 0 Å². The van der Waals surface area contributed by atoms with Gasteiger partial charge in [-0.1, -0.05) is 0 Å². The Morgan fingerprint density at radius 1 is 1.58 bits per heavy atom. The van der Waals surface area contributed by atoms with Gasteiger partial charge in [0.1, 0.15) is 0 Å². The summed E-state index contributed by atoms with van der Waals surface area (Å²) in [6.07, 6.45) is -0.00208. The van der Waals surface area contributed by atoms with Crippen molar-refractivity contribution >= 4 is 0 Å². The van der Waals surface area contributed by atoms with Gasteiger partial charge in [0, 0.05) is 13.5 Å². The Bertz CT molecular complexity index is 142. The molecule has 2 N–H and O–H groups in total. The van der Waals surface area contributed by atoms with Crippen molar-refractivity contribution in [3.05, 3.63) is 0 Å². The first-order valence-corrected chi connectivity index (χ1v) is 4.22. The molecule has 0 aliphatic carbocycles. The molecule has 1 aliphatic rings. The molecule has 1 rings (SSSR count). The molecule has 0 aromatic heterocycles. The molecule has 1 saturated heterocycles. The van der Waals surface area contributed by atoms with E-state index in [-0.39, 0.29) is 24.5 Å². The Kier molecular flexibility index (Phi) is 3.46. The van der Waals surface area contributed by atoms with Crippen LogP contribution >= 0.6 is 0 Å². The first kappa shape index (κ1) is 9.92. The van der Waals surface area contributed by atoms with E-state index in [1.165, 1.54) is 0 Å². The summed E-state index contributed by atoms with van der Waals surface area (Å²) in [4.78, 5) is 0. The lowest BCUT2D eigenvalue weighted by molar-refractivity contribution is -0.215. The van der Waals surface area contributed by atoms with Crippen molar-refractivity contribution in [1.29, 1.82) is 0 Å². The van der Waals surface area contributed by atoms with Crippen molar-refractivity contribution in [2.24, 2.45) is 0 Å². The monoisotopic (exact) mass is 175 g/mol. The number of hydrogen-bond donors (Lipinski definition) is 2. The Morgan fingerprint density at radius 2 is 2.25 bits per heavy atom. The minimum atomic E-state index is -0.385. The van der Waals surface area contributed by atoms with Gasteiger partial charge in [0.25, 0.3) is 0 Å². The molecule has 0 amide bonds. The highest BCUT2D eigenvalue weighted by atomic mass is 16.7. The quantitative estimate of drug-likeness (QED) is 0.606. The van der Waals surface area contributed by atoms with Crippen LogP contribution in [-0.4, -0.2) is 43.8 Å². The van der Waals surface area contributed by atoms with Crippen molar-refractivity contribution in [2.75, 3.05) is 14.2 Å². The highest BCUT2D eigenvalue weighted by Crippen LogP contribution is 2.19. The molecule has 72 valence electrons. The normalized spacial score (nSPS) is 43.0. The second-order valence-electron chi connectivity index (χ2n) is 3.17. The Morgan fingerprint density at radius 3 is 2.75 bits per heavy atom. The summed E-state index contributed by atoms with van der Waals surface area (Å²) in [7, 11) is 3.37. The highest BCUT2D eigenvalue weighted by molar-refractivity contribution is 4.84.